The van der Waals surface area contributed by atoms with E-state index in [1.807, 2.05) is 36.5 Å². The molecule has 2 aromatic heterocycles. The van der Waals surface area contributed by atoms with E-state index in [9.17, 15) is 0 Å². The molecule has 0 fully saturated rings. The predicted molar refractivity (Wildman–Crippen MR) is 136 cm³/mol. The summed E-state index contributed by atoms with van der Waals surface area (Å²) in [5, 5.41) is 0. The predicted octanol–water partition coefficient (Wildman–Crippen LogP) is 8.47. The van der Waals surface area contributed by atoms with Crippen LogP contribution in [0.5, 0.6) is 0 Å². The summed E-state index contributed by atoms with van der Waals surface area (Å²) in [6, 6.07) is 27.3. The Labute approximate surface area is 195 Å². The van der Waals surface area contributed by atoms with Gasteiger partial charge >= 0.3 is 0 Å². The zero-order valence-corrected chi connectivity index (χ0v) is 19.5. The maximum absolute atomic E-state index is 6.34. The Morgan fingerprint density at radius 3 is 2.09 bits per heavy atom. The first-order chi connectivity index (χ1) is 16.0. The molecule has 0 bridgehead atoms. The van der Waals surface area contributed by atoms with Crippen molar-refractivity contribution >= 4 is 11.1 Å². The molecule has 0 unspecified atom stereocenters. The highest BCUT2D eigenvalue weighted by Crippen LogP contribution is 2.37. The number of rotatable bonds is 5. The van der Waals surface area contributed by atoms with Crippen LogP contribution in [0, 0.1) is 0 Å². The van der Waals surface area contributed by atoms with Crippen molar-refractivity contribution in [1.82, 2.24) is 9.97 Å². The minimum absolute atomic E-state index is 0.440. The third-order valence-electron chi connectivity index (χ3n) is 6.15. The number of nitrogens with zero attached hydrogens (tertiary/aromatic N) is 2. The maximum atomic E-state index is 6.34. The van der Waals surface area contributed by atoms with Crippen LogP contribution in [-0.2, 0) is 0 Å². The van der Waals surface area contributed by atoms with Crippen LogP contribution in [0.4, 0.5) is 0 Å². The molecule has 0 aliphatic rings. The molecule has 0 N–H and O–H groups in total. The average Bonchev–Trinajstić information content (AvgIpc) is 3.28. The van der Waals surface area contributed by atoms with Crippen molar-refractivity contribution in [3.63, 3.8) is 0 Å². The molecule has 5 aromatic rings. The molecular weight excluding hydrogens is 404 g/mol. The monoisotopic (exact) mass is 432 g/mol. The largest absolute Gasteiger partial charge is 0.435 e. The Kier molecular flexibility index (Phi) is 5.55. The van der Waals surface area contributed by atoms with E-state index in [1.54, 1.807) is 0 Å². The summed E-state index contributed by atoms with van der Waals surface area (Å²) in [7, 11) is 0. The fraction of sp³-hybridized carbons (Fsp3) is 0.200. The van der Waals surface area contributed by atoms with E-state index < -0.39 is 0 Å². The molecule has 2 heterocycles. The van der Waals surface area contributed by atoms with Crippen molar-refractivity contribution in [2.75, 3.05) is 0 Å². The number of benzene rings is 3. The van der Waals surface area contributed by atoms with Gasteiger partial charge in [-0.05, 0) is 64.9 Å². The van der Waals surface area contributed by atoms with E-state index in [0.717, 1.165) is 39.0 Å². The first kappa shape index (κ1) is 21.1. The highest BCUT2D eigenvalue weighted by atomic mass is 16.3. The van der Waals surface area contributed by atoms with Crippen LogP contribution in [-0.4, -0.2) is 9.97 Å². The van der Waals surface area contributed by atoms with Gasteiger partial charge in [-0.15, -0.1) is 0 Å². The van der Waals surface area contributed by atoms with Gasteiger partial charge in [0, 0.05) is 22.9 Å². The van der Waals surface area contributed by atoms with Crippen LogP contribution in [0.2, 0.25) is 0 Å². The second kappa shape index (κ2) is 8.67. The van der Waals surface area contributed by atoms with Crippen molar-refractivity contribution in [2.45, 2.75) is 39.5 Å². The Bertz CT molecular complexity index is 1400. The zero-order chi connectivity index (χ0) is 22.9. The van der Waals surface area contributed by atoms with E-state index in [1.165, 1.54) is 11.1 Å². The fourth-order valence-electron chi connectivity index (χ4n) is 4.11. The topological polar surface area (TPSA) is 38.9 Å². The lowest BCUT2D eigenvalue weighted by Crippen LogP contribution is -1.92. The van der Waals surface area contributed by atoms with E-state index in [0.29, 0.717) is 17.7 Å². The highest BCUT2D eigenvalue weighted by molar-refractivity contribution is 5.95. The standard InChI is InChI=1S/C30H28N2O/c1-19(2)21-10-12-22(13-11-21)26-16-25(27-17-24(20(3)4)14-15-31-27)18-28-29(26)33-30(32-28)23-8-6-5-7-9-23/h5-20H,1-4H3. The van der Waals surface area contributed by atoms with E-state index in [2.05, 4.69) is 81.2 Å². The summed E-state index contributed by atoms with van der Waals surface area (Å²) in [6.45, 7) is 8.83. The first-order valence-corrected chi connectivity index (χ1v) is 11.6. The molecule has 164 valence electrons. The molecule has 0 aliphatic carbocycles. The van der Waals surface area contributed by atoms with Gasteiger partial charge in [-0.25, -0.2) is 4.98 Å². The molecule has 33 heavy (non-hydrogen) atoms. The van der Waals surface area contributed by atoms with Gasteiger partial charge < -0.3 is 4.42 Å². The third kappa shape index (κ3) is 4.19. The minimum atomic E-state index is 0.440. The van der Waals surface area contributed by atoms with Crippen LogP contribution < -0.4 is 0 Å². The lowest BCUT2D eigenvalue weighted by molar-refractivity contribution is 0.621. The number of oxazole rings is 1. The highest BCUT2D eigenvalue weighted by Gasteiger charge is 2.17. The molecule has 0 amide bonds. The quantitative estimate of drug-likeness (QED) is 0.279. The van der Waals surface area contributed by atoms with Crippen molar-refractivity contribution in [3.05, 3.63) is 96.2 Å². The van der Waals surface area contributed by atoms with Gasteiger partial charge in [0.15, 0.2) is 5.58 Å². The molecule has 0 spiro atoms. The Morgan fingerprint density at radius 1 is 0.667 bits per heavy atom. The molecule has 3 nitrogen and oxygen atoms in total. The number of aromatic nitrogens is 2. The molecule has 5 rings (SSSR count). The minimum Gasteiger partial charge on any atom is -0.435 e. The van der Waals surface area contributed by atoms with E-state index in [-0.39, 0.29) is 0 Å². The smallest absolute Gasteiger partial charge is 0.227 e. The Morgan fingerprint density at radius 2 is 1.39 bits per heavy atom. The maximum Gasteiger partial charge on any atom is 0.227 e. The zero-order valence-electron chi connectivity index (χ0n) is 19.5. The SMILES string of the molecule is CC(C)c1ccc(-c2cc(-c3cc(C(C)C)ccn3)cc3nc(-c4ccccc4)oc23)cc1. The van der Waals surface area contributed by atoms with Crippen molar-refractivity contribution in [2.24, 2.45) is 0 Å². The second-order valence-corrected chi connectivity index (χ2v) is 9.16. The van der Waals surface area contributed by atoms with Crippen molar-refractivity contribution < 1.29 is 4.42 Å². The summed E-state index contributed by atoms with van der Waals surface area (Å²) in [4.78, 5) is 9.54. The Balaban J connectivity index is 1.72. The summed E-state index contributed by atoms with van der Waals surface area (Å²) >= 11 is 0. The van der Waals surface area contributed by atoms with E-state index in [4.69, 9.17) is 9.40 Å². The van der Waals surface area contributed by atoms with Gasteiger partial charge in [0.25, 0.3) is 0 Å². The summed E-state index contributed by atoms with van der Waals surface area (Å²) in [6.07, 6.45) is 1.89. The molecule has 0 saturated carbocycles. The second-order valence-electron chi connectivity index (χ2n) is 9.16. The molecule has 0 atom stereocenters. The molecule has 3 heteroatoms. The van der Waals surface area contributed by atoms with Gasteiger partial charge in [-0.1, -0.05) is 70.2 Å². The number of hydrogen-bond donors (Lipinski definition) is 0. The fourth-order valence-corrected chi connectivity index (χ4v) is 4.11. The van der Waals surface area contributed by atoms with Crippen molar-refractivity contribution in [1.29, 1.82) is 0 Å². The third-order valence-corrected chi connectivity index (χ3v) is 6.15. The van der Waals surface area contributed by atoms with E-state index >= 15 is 0 Å². The summed E-state index contributed by atoms with van der Waals surface area (Å²) < 4.78 is 6.34. The number of fused-ring (bicyclic) bond motifs is 1. The van der Waals surface area contributed by atoms with Crippen LogP contribution >= 0.6 is 0 Å². The van der Waals surface area contributed by atoms with Gasteiger partial charge in [-0.2, -0.15) is 0 Å². The number of hydrogen-bond acceptors (Lipinski definition) is 3. The first-order valence-electron chi connectivity index (χ1n) is 11.6. The molecule has 3 aromatic carbocycles. The Hall–Kier alpha value is -3.72. The van der Waals surface area contributed by atoms with Gasteiger partial charge in [0.2, 0.25) is 5.89 Å². The van der Waals surface area contributed by atoms with Crippen LogP contribution in [0.1, 0.15) is 50.7 Å². The molecule has 0 radical (unpaired) electrons. The molecular formula is C30H28N2O. The van der Waals surface area contributed by atoms with Gasteiger partial charge in [-0.3, -0.25) is 4.98 Å². The molecule has 0 saturated heterocycles. The van der Waals surface area contributed by atoms with Crippen LogP contribution in [0.3, 0.4) is 0 Å². The van der Waals surface area contributed by atoms with Crippen LogP contribution in [0.25, 0.3) is 44.9 Å². The van der Waals surface area contributed by atoms with Crippen LogP contribution in [0.15, 0.2) is 89.5 Å². The summed E-state index contributed by atoms with van der Waals surface area (Å²) in [5.74, 6) is 1.56. The average molecular weight is 433 g/mol. The number of pyridine rings is 1. The van der Waals surface area contributed by atoms with Crippen molar-refractivity contribution in [3.8, 4) is 33.8 Å². The lowest BCUT2D eigenvalue weighted by atomic mass is 9.95. The van der Waals surface area contributed by atoms with Gasteiger partial charge in [0.05, 0.1) is 5.69 Å². The lowest BCUT2D eigenvalue weighted by Gasteiger charge is -2.11. The summed E-state index contributed by atoms with van der Waals surface area (Å²) in [5.41, 5.74) is 9.34. The van der Waals surface area contributed by atoms with Gasteiger partial charge in [0.1, 0.15) is 5.52 Å². The normalized spacial score (nSPS) is 11.6. The molecule has 0 aliphatic heterocycles.